The molecule has 18 heavy (non-hydrogen) atoms. The van der Waals surface area contributed by atoms with E-state index in [0.717, 1.165) is 0 Å². The average Bonchev–Trinajstić information content (AvgIpc) is 2.27. The highest BCUT2D eigenvalue weighted by Gasteiger charge is 2.12. The van der Waals surface area contributed by atoms with Gasteiger partial charge in [0, 0.05) is 11.3 Å². The Morgan fingerprint density at radius 1 is 1.00 bits per heavy atom. The lowest BCUT2D eigenvalue weighted by molar-refractivity contribution is -0.117. The second-order valence-corrected chi connectivity index (χ2v) is 4.14. The molecule has 6 N–H and O–H groups in total. The summed E-state index contributed by atoms with van der Waals surface area (Å²) in [5.41, 5.74) is 17.0. The van der Waals surface area contributed by atoms with Crippen molar-refractivity contribution in [3.8, 4) is 0 Å². The van der Waals surface area contributed by atoms with Crippen molar-refractivity contribution >= 4 is 34.7 Å². The van der Waals surface area contributed by atoms with E-state index in [-0.39, 0.29) is 18.1 Å². The van der Waals surface area contributed by atoms with E-state index in [9.17, 15) is 9.59 Å². The minimum Gasteiger partial charge on any atom is -0.389 e. The summed E-state index contributed by atoms with van der Waals surface area (Å²) in [5.74, 6) is -1.09. The van der Waals surface area contributed by atoms with Crippen LogP contribution in [0.4, 0.5) is 5.69 Å². The molecule has 96 valence electrons. The van der Waals surface area contributed by atoms with Crippen molar-refractivity contribution < 1.29 is 9.59 Å². The largest absolute Gasteiger partial charge is 0.389 e. The summed E-state index contributed by atoms with van der Waals surface area (Å²) < 4.78 is 0. The van der Waals surface area contributed by atoms with Crippen molar-refractivity contribution in [2.75, 3.05) is 18.0 Å². The predicted molar refractivity (Wildman–Crippen MR) is 72.9 cm³/mol. The minimum absolute atomic E-state index is 0.0879. The molecule has 0 bridgehead atoms. The van der Waals surface area contributed by atoms with Gasteiger partial charge in [0.1, 0.15) is 4.99 Å². The van der Waals surface area contributed by atoms with E-state index in [4.69, 9.17) is 29.4 Å². The first-order chi connectivity index (χ1) is 8.40. The van der Waals surface area contributed by atoms with Crippen LogP contribution in [0, 0.1) is 0 Å². The molecule has 7 heteroatoms. The number of hydrogen-bond donors (Lipinski definition) is 3. The summed E-state index contributed by atoms with van der Waals surface area (Å²) in [7, 11) is 0. The second-order valence-electron chi connectivity index (χ2n) is 3.70. The van der Waals surface area contributed by atoms with Gasteiger partial charge in [-0.25, -0.2) is 0 Å². The monoisotopic (exact) mass is 266 g/mol. The van der Waals surface area contributed by atoms with Crippen LogP contribution in [0.2, 0.25) is 0 Å². The number of rotatable bonds is 6. The molecule has 0 aliphatic heterocycles. The summed E-state index contributed by atoms with van der Waals surface area (Å²) in [6.45, 7) is -0.176. The lowest BCUT2D eigenvalue weighted by Crippen LogP contribution is -2.39. The number of hydrogen-bond acceptors (Lipinski definition) is 4. The number of nitrogens with zero attached hydrogens (tertiary/aromatic N) is 1. The summed E-state index contributed by atoms with van der Waals surface area (Å²) in [5, 5.41) is 0. The topological polar surface area (TPSA) is 115 Å². The number of primary amides is 2. The molecule has 0 aromatic heterocycles. The molecule has 0 aliphatic rings. The number of carbonyl (C=O) groups excluding carboxylic acids is 2. The Hall–Kier alpha value is -2.15. The van der Waals surface area contributed by atoms with Crippen molar-refractivity contribution in [3.05, 3.63) is 29.8 Å². The third kappa shape index (κ3) is 4.02. The zero-order chi connectivity index (χ0) is 13.7. The third-order valence-electron chi connectivity index (χ3n) is 2.21. The van der Waals surface area contributed by atoms with Crippen LogP contribution in [0.25, 0.3) is 0 Å². The molecule has 0 saturated heterocycles. The summed E-state index contributed by atoms with van der Waals surface area (Å²) in [6, 6.07) is 6.79. The number of anilines is 1. The highest BCUT2D eigenvalue weighted by molar-refractivity contribution is 7.80. The van der Waals surface area contributed by atoms with Gasteiger partial charge in [-0.05, 0) is 24.3 Å². The normalized spacial score (nSPS) is 9.78. The van der Waals surface area contributed by atoms with Crippen molar-refractivity contribution in [1.82, 2.24) is 0 Å². The molecule has 0 saturated carbocycles. The second kappa shape index (κ2) is 5.97. The highest BCUT2D eigenvalue weighted by Crippen LogP contribution is 2.14. The minimum atomic E-state index is -0.547. The number of nitrogens with two attached hydrogens (primary N) is 3. The van der Waals surface area contributed by atoms with Crippen molar-refractivity contribution in [1.29, 1.82) is 0 Å². The fraction of sp³-hybridized carbons (Fsp3) is 0.182. The Morgan fingerprint density at radius 3 is 1.78 bits per heavy atom. The Kier molecular flexibility index (Phi) is 4.61. The molecule has 0 radical (unpaired) electrons. The lowest BCUT2D eigenvalue weighted by Gasteiger charge is -2.21. The Morgan fingerprint density at radius 2 is 1.44 bits per heavy atom. The molecule has 0 unspecified atom stereocenters. The van der Waals surface area contributed by atoms with E-state index in [0.29, 0.717) is 11.3 Å². The Bertz CT molecular complexity index is 456. The van der Waals surface area contributed by atoms with E-state index < -0.39 is 11.8 Å². The van der Waals surface area contributed by atoms with Crippen LogP contribution in [0.1, 0.15) is 5.56 Å². The summed E-state index contributed by atoms with van der Waals surface area (Å²) >= 11 is 4.83. The molecule has 6 nitrogen and oxygen atoms in total. The molecule has 1 aromatic carbocycles. The van der Waals surface area contributed by atoms with Gasteiger partial charge in [-0.3, -0.25) is 9.59 Å². The summed E-state index contributed by atoms with van der Waals surface area (Å²) in [6.07, 6.45) is 0. The van der Waals surface area contributed by atoms with E-state index in [1.807, 2.05) is 0 Å². The maximum absolute atomic E-state index is 10.9. The van der Waals surface area contributed by atoms with Crippen LogP contribution in [-0.4, -0.2) is 29.9 Å². The first kappa shape index (κ1) is 13.9. The van der Waals surface area contributed by atoms with Crippen molar-refractivity contribution in [2.24, 2.45) is 17.2 Å². The third-order valence-corrected chi connectivity index (χ3v) is 2.45. The van der Waals surface area contributed by atoms with Crippen LogP contribution in [0.5, 0.6) is 0 Å². The molecule has 1 aromatic rings. The molecular formula is C11H14N4O2S. The van der Waals surface area contributed by atoms with Gasteiger partial charge in [0.2, 0.25) is 11.8 Å². The van der Waals surface area contributed by atoms with Gasteiger partial charge >= 0.3 is 0 Å². The lowest BCUT2D eigenvalue weighted by atomic mass is 10.2. The van der Waals surface area contributed by atoms with Crippen molar-refractivity contribution in [2.45, 2.75) is 0 Å². The molecular weight excluding hydrogens is 252 g/mol. The van der Waals surface area contributed by atoms with Crippen LogP contribution in [0.15, 0.2) is 24.3 Å². The Balaban J connectivity index is 2.93. The average molecular weight is 266 g/mol. The number of amides is 2. The zero-order valence-electron chi connectivity index (χ0n) is 9.63. The van der Waals surface area contributed by atoms with Crippen LogP contribution < -0.4 is 22.1 Å². The first-order valence-corrected chi connectivity index (χ1v) is 5.52. The smallest absolute Gasteiger partial charge is 0.236 e. The van der Waals surface area contributed by atoms with E-state index in [1.165, 1.54) is 4.90 Å². The quantitative estimate of drug-likeness (QED) is 0.577. The number of carbonyl (C=O) groups is 2. The van der Waals surface area contributed by atoms with E-state index >= 15 is 0 Å². The fourth-order valence-electron chi connectivity index (χ4n) is 1.45. The van der Waals surface area contributed by atoms with Crippen LogP contribution in [0.3, 0.4) is 0 Å². The van der Waals surface area contributed by atoms with Crippen LogP contribution in [-0.2, 0) is 9.59 Å². The van der Waals surface area contributed by atoms with E-state index in [2.05, 4.69) is 0 Å². The molecule has 0 spiro atoms. The SMILES string of the molecule is NC(=O)CN(CC(N)=O)c1ccc(C(N)=S)cc1. The fourth-order valence-corrected chi connectivity index (χ4v) is 1.59. The van der Waals surface area contributed by atoms with Gasteiger partial charge in [-0.1, -0.05) is 12.2 Å². The van der Waals surface area contributed by atoms with Gasteiger partial charge in [-0.15, -0.1) is 0 Å². The standard InChI is InChI=1S/C11H14N4O2S/c12-9(16)5-15(6-10(13)17)8-3-1-7(2-4-8)11(14)18/h1-4H,5-6H2,(H2,12,16)(H2,13,17)(H2,14,18). The van der Waals surface area contributed by atoms with E-state index in [1.54, 1.807) is 24.3 Å². The molecule has 0 fully saturated rings. The van der Waals surface area contributed by atoms with Crippen LogP contribution >= 0.6 is 12.2 Å². The van der Waals surface area contributed by atoms with Gasteiger partial charge < -0.3 is 22.1 Å². The predicted octanol–water partition coefficient (Wildman–Crippen LogP) is -0.902. The molecule has 1 rings (SSSR count). The van der Waals surface area contributed by atoms with Gasteiger partial charge in [0.05, 0.1) is 13.1 Å². The molecule has 0 atom stereocenters. The Labute approximate surface area is 110 Å². The zero-order valence-corrected chi connectivity index (χ0v) is 10.4. The number of thiocarbonyl (C=S) groups is 1. The van der Waals surface area contributed by atoms with Gasteiger partial charge in [0.15, 0.2) is 0 Å². The molecule has 0 aliphatic carbocycles. The first-order valence-electron chi connectivity index (χ1n) is 5.11. The van der Waals surface area contributed by atoms with Gasteiger partial charge in [-0.2, -0.15) is 0 Å². The van der Waals surface area contributed by atoms with Gasteiger partial charge in [0.25, 0.3) is 0 Å². The maximum Gasteiger partial charge on any atom is 0.236 e. The van der Waals surface area contributed by atoms with Crippen molar-refractivity contribution in [3.63, 3.8) is 0 Å². The number of benzene rings is 1. The molecule has 2 amide bonds. The summed E-state index contributed by atoms with van der Waals surface area (Å²) in [4.78, 5) is 23.6. The highest BCUT2D eigenvalue weighted by atomic mass is 32.1. The molecule has 0 heterocycles. The maximum atomic E-state index is 10.9.